The van der Waals surface area contributed by atoms with E-state index in [1.165, 1.54) is 38.5 Å². The number of hydrogen-bond donors (Lipinski definition) is 1. The van der Waals surface area contributed by atoms with E-state index in [9.17, 15) is 5.11 Å². The molecule has 0 aromatic heterocycles. The Kier molecular flexibility index (Phi) is 5.87. The minimum absolute atomic E-state index is 0.0563. The van der Waals surface area contributed by atoms with Crippen LogP contribution in [0.5, 0.6) is 0 Å². The van der Waals surface area contributed by atoms with E-state index in [4.69, 9.17) is 0 Å². The van der Waals surface area contributed by atoms with Gasteiger partial charge in [-0.05, 0) is 103 Å². The summed E-state index contributed by atoms with van der Waals surface area (Å²) in [4.78, 5) is 0. The Morgan fingerprint density at radius 3 is 2.40 bits per heavy atom. The Hall–Kier alpha value is -0.560. The van der Waals surface area contributed by atoms with Gasteiger partial charge in [-0.25, -0.2) is 0 Å². The van der Waals surface area contributed by atoms with Crippen molar-refractivity contribution in [3.8, 4) is 0 Å². The predicted molar refractivity (Wildman–Crippen MR) is 128 cm³/mol. The zero-order chi connectivity index (χ0) is 21.9. The molecule has 0 unspecified atom stereocenters. The van der Waals surface area contributed by atoms with Crippen LogP contribution >= 0.6 is 0 Å². The summed E-state index contributed by atoms with van der Waals surface area (Å²) >= 11 is 0. The monoisotopic (exact) mass is 412 g/mol. The van der Waals surface area contributed by atoms with Crippen LogP contribution in [0.3, 0.4) is 0 Å². The average Bonchev–Trinajstić information content (AvgIpc) is 2.97. The first-order valence-electron chi connectivity index (χ1n) is 13.1. The van der Waals surface area contributed by atoms with Crippen molar-refractivity contribution < 1.29 is 5.11 Å². The molecule has 4 rings (SSSR count). The molecule has 4 aliphatic carbocycles. The summed E-state index contributed by atoms with van der Waals surface area (Å²) in [6, 6.07) is 0. The Labute approximate surface area is 186 Å². The summed E-state index contributed by atoms with van der Waals surface area (Å²) in [6.07, 6.45) is 17.7. The van der Waals surface area contributed by atoms with Gasteiger partial charge in [-0.3, -0.25) is 0 Å². The lowest BCUT2D eigenvalue weighted by molar-refractivity contribution is -0.0608. The van der Waals surface area contributed by atoms with Crippen LogP contribution < -0.4 is 0 Å². The first-order valence-corrected chi connectivity index (χ1v) is 13.1. The molecule has 0 saturated heterocycles. The maximum absolute atomic E-state index is 10.3. The largest absolute Gasteiger partial charge is 0.393 e. The van der Waals surface area contributed by atoms with Crippen molar-refractivity contribution in [2.75, 3.05) is 0 Å². The molecule has 1 heteroatoms. The van der Waals surface area contributed by atoms with Gasteiger partial charge in [0.1, 0.15) is 0 Å². The third kappa shape index (κ3) is 3.28. The molecule has 0 bridgehead atoms. The second-order valence-corrected chi connectivity index (χ2v) is 12.9. The summed E-state index contributed by atoms with van der Waals surface area (Å²) in [7, 11) is 0. The van der Waals surface area contributed by atoms with Crippen molar-refractivity contribution >= 4 is 0 Å². The van der Waals surface area contributed by atoms with E-state index in [2.05, 4.69) is 66.7 Å². The third-order valence-electron chi connectivity index (χ3n) is 11.3. The molecule has 0 amide bonds. The first kappa shape index (κ1) is 22.6. The Bertz CT molecular complexity index is 703. The lowest BCUT2D eigenvalue weighted by Crippen LogP contribution is -2.53. The average molecular weight is 413 g/mol. The van der Waals surface area contributed by atoms with Crippen LogP contribution in [0.25, 0.3) is 0 Å². The Morgan fingerprint density at radius 2 is 1.70 bits per heavy atom. The maximum atomic E-state index is 10.3. The lowest BCUT2D eigenvalue weighted by atomic mass is 9.43. The molecule has 0 aliphatic heterocycles. The highest BCUT2D eigenvalue weighted by molar-refractivity contribution is 5.32. The molecular formula is C29H48O. The predicted octanol–water partition coefficient (Wildman–Crippen LogP) is 7.80. The second-order valence-electron chi connectivity index (χ2n) is 12.9. The SMILES string of the molecule is CC(C)[C@H](C)/C=C/[C@@H](C)[C@H]1CC[C@@]2(C)C3=CC[C@H]4C[C@@H](O)CC[C@]4(C)[C@H]3CC[C@]12C. The molecule has 30 heavy (non-hydrogen) atoms. The number of aliphatic hydroxyl groups excluding tert-OH is 1. The number of allylic oxidation sites excluding steroid dienone is 4. The van der Waals surface area contributed by atoms with Crippen LogP contribution in [0.15, 0.2) is 23.8 Å². The van der Waals surface area contributed by atoms with Gasteiger partial charge in [0.2, 0.25) is 0 Å². The van der Waals surface area contributed by atoms with Gasteiger partial charge in [-0.2, -0.15) is 0 Å². The summed E-state index contributed by atoms with van der Waals surface area (Å²) in [6.45, 7) is 17.4. The van der Waals surface area contributed by atoms with Crippen molar-refractivity contribution in [3.63, 3.8) is 0 Å². The molecular weight excluding hydrogens is 364 g/mol. The third-order valence-corrected chi connectivity index (χ3v) is 11.3. The fourth-order valence-corrected chi connectivity index (χ4v) is 8.47. The molecule has 4 aliphatic rings. The summed E-state index contributed by atoms with van der Waals surface area (Å²) in [5, 5.41) is 10.3. The molecule has 1 N–H and O–H groups in total. The van der Waals surface area contributed by atoms with E-state index < -0.39 is 0 Å². The minimum Gasteiger partial charge on any atom is -0.393 e. The maximum Gasteiger partial charge on any atom is 0.0543 e. The molecule has 0 aromatic rings. The molecule has 0 aromatic carbocycles. The van der Waals surface area contributed by atoms with E-state index >= 15 is 0 Å². The van der Waals surface area contributed by atoms with Gasteiger partial charge in [0.05, 0.1) is 6.10 Å². The van der Waals surface area contributed by atoms with E-state index in [0.29, 0.717) is 34.0 Å². The van der Waals surface area contributed by atoms with Gasteiger partial charge in [0.25, 0.3) is 0 Å². The second kappa shape index (κ2) is 7.79. The van der Waals surface area contributed by atoms with Crippen LogP contribution in [0, 0.1) is 51.8 Å². The summed E-state index contributed by atoms with van der Waals surface area (Å²) in [5.41, 5.74) is 3.05. The molecule has 3 saturated carbocycles. The lowest BCUT2D eigenvalue weighted by Gasteiger charge is -2.61. The van der Waals surface area contributed by atoms with Gasteiger partial charge >= 0.3 is 0 Å². The van der Waals surface area contributed by atoms with Crippen molar-refractivity contribution in [1.29, 1.82) is 0 Å². The standard InChI is InChI=1S/C29H48O/c1-19(2)20(3)8-9-21(4)24-13-16-29(7)26-11-10-22-18-23(30)12-15-27(22,5)25(26)14-17-28(24,29)6/h8-9,11,19-25,30H,10,12-18H2,1-7H3/b9-8+/t20-,21-,22+,23+,24-,25+,27+,28-,29+/m1/s1. The fourth-order valence-electron chi connectivity index (χ4n) is 8.47. The zero-order valence-corrected chi connectivity index (χ0v) is 20.9. The molecule has 3 fully saturated rings. The van der Waals surface area contributed by atoms with Gasteiger partial charge in [0.15, 0.2) is 0 Å². The molecule has 0 spiro atoms. The van der Waals surface area contributed by atoms with E-state index in [-0.39, 0.29) is 6.10 Å². The van der Waals surface area contributed by atoms with E-state index in [1.54, 1.807) is 0 Å². The number of rotatable bonds is 4. The first-order chi connectivity index (χ1) is 14.0. The van der Waals surface area contributed by atoms with Gasteiger partial charge < -0.3 is 5.11 Å². The van der Waals surface area contributed by atoms with Crippen LogP contribution in [-0.2, 0) is 0 Å². The van der Waals surface area contributed by atoms with Crippen LogP contribution in [0.4, 0.5) is 0 Å². The van der Waals surface area contributed by atoms with Crippen molar-refractivity contribution in [3.05, 3.63) is 23.8 Å². The fraction of sp³-hybridized carbons (Fsp3) is 0.862. The Morgan fingerprint density at radius 1 is 0.967 bits per heavy atom. The summed E-state index contributed by atoms with van der Waals surface area (Å²) < 4.78 is 0. The minimum atomic E-state index is -0.0563. The van der Waals surface area contributed by atoms with E-state index in [0.717, 1.165) is 30.6 Å². The highest BCUT2D eigenvalue weighted by Gasteiger charge is 2.63. The summed E-state index contributed by atoms with van der Waals surface area (Å²) in [5.74, 6) is 4.32. The molecule has 0 heterocycles. The van der Waals surface area contributed by atoms with E-state index in [1.807, 2.05) is 5.57 Å². The van der Waals surface area contributed by atoms with Gasteiger partial charge in [0, 0.05) is 0 Å². The van der Waals surface area contributed by atoms with Gasteiger partial charge in [-0.15, -0.1) is 0 Å². The Balaban J connectivity index is 1.60. The zero-order valence-electron chi connectivity index (χ0n) is 20.9. The van der Waals surface area contributed by atoms with Crippen LogP contribution in [0.1, 0.15) is 99.8 Å². The quantitative estimate of drug-likeness (QED) is 0.467. The van der Waals surface area contributed by atoms with Crippen molar-refractivity contribution in [2.24, 2.45) is 51.8 Å². The van der Waals surface area contributed by atoms with Gasteiger partial charge in [-0.1, -0.05) is 72.3 Å². The topological polar surface area (TPSA) is 20.2 Å². The molecule has 1 nitrogen and oxygen atoms in total. The molecule has 0 radical (unpaired) electrons. The highest BCUT2D eigenvalue weighted by Crippen LogP contribution is 2.72. The smallest absolute Gasteiger partial charge is 0.0543 e. The molecule has 170 valence electrons. The number of hydrogen-bond acceptors (Lipinski definition) is 1. The van der Waals surface area contributed by atoms with Crippen molar-refractivity contribution in [1.82, 2.24) is 0 Å². The molecule has 9 atom stereocenters. The van der Waals surface area contributed by atoms with Crippen molar-refractivity contribution in [2.45, 2.75) is 106 Å². The van der Waals surface area contributed by atoms with Crippen LogP contribution in [-0.4, -0.2) is 11.2 Å². The van der Waals surface area contributed by atoms with Crippen LogP contribution in [0.2, 0.25) is 0 Å². The normalized spacial score (nSPS) is 48.1. The number of fused-ring (bicyclic) bond motifs is 5. The number of aliphatic hydroxyl groups is 1. The highest BCUT2D eigenvalue weighted by atomic mass is 16.3.